The summed E-state index contributed by atoms with van der Waals surface area (Å²) in [5.41, 5.74) is 4.38. The smallest absolute Gasteiger partial charge is 0.407 e. The predicted octanol–water partition coefficient (Wildman–Crippen LogP) is 5.05. The Kier molecular flexibility index (Phi) is 11.4. The highest BCUT2D eigenvalue weighted by Crippen LogP contribution is 2.44. The average molecular weight is 644 g/mol. The van der Waals surface area contributed by atoms with Gasteiger partial charge in [-0.05, 0) is 61.4 Å². The second-order valence-corrected chi connectivity index (χ2v) is 13.2. The van der Waals surface area contributed by atoms with Crippen molar-refractivity contribution in [2.45, 2.75) is 83.7 Å². The van der Waals surface area contributed by atoms with Crippen LogP contribution in [0.2, 0.25) is 0 Å². The van der Waals surface area contributed by atoms with E-state index in [-0.39, 0.29) is 18.9 Å². The van der Waals surface area contributed by atoms with E-state index < -0.39 is 59.6 Å². The summed E-state index contributed by atoms with van der Waals surface area (Å²) in [5, 5.41) is 17.8. The number of hydrogen-bond acceptors (Lipinski definition) is 6. The molecule has 4 atom stereocenters. The first kappa shape index (κ1) is 35.2. The summed E-state index contributed by atoms with van der Waals surface area (Å²) in [6.45, 7) is 10.7. The maximum Gasteiger partial charge on any atom is 0.407 e. The first-order valence-electron chi connectivity index (χ1n) is 15.9. The van der Waals surface area contributed by atoms with Gasteiger partial charge in [-0.3, -0.25) is 9.59 Å². The lowest BCUT2D eigenvalue weighted by molar-refractivity contribution is -0.142. The van der Waals surface area contributed by atoms with E-state index in [0.29, 0.717) is 0 Å². The number of fused-ring (bicyclic) bond motifs is 3. The molecule has 3 aromatic carbocycles. The summed E-state index contributed by atoms with van der Waals surface area (Å²) in [5.74, 6) is -3.09. The molecule has 47 heavy (non-hydrogen) atoms. The summed E-state index contributed by atoms with van der Waals surface area (Å²) >= 11 is 0. The van der Waals surface area contributed by atoms with E-state index in [4.69, 9.17) is 9.47 Å². The molecule has 0 saturated carbocycles. The largest absolute Gasteiger partial charge is 0.480 e. The Bertz CT molecular complexity index is 1520. The molecule has 0 saturated heterocycles. The lowest BCUT2D eigenvalue weighted by atomic mass is 9.98. The van der Waals surface area contributed by atoms with Crippen LogP contribution in [0.1, 0.15) is 64.2 Å². The summed E-state index contributed by atoms with van der Waals surface area (Å²) in [4.78, 5) is 52.4. The number of amides is 3. The van der Waals surface area contributed by atoms with Gasteiger partial charge in [0.15, 0.2) is 0 Å². The number of carbonyl (C=O) groups is 4. The molecule has 0 bridgehead atoms. The van der Waals surface area contributed by atoms with Crippen LogP contribution in [0.15, 0.2) is 78.9 Å². The van der Waals surface area contributed by atoms with Crippen molar-refractivity contribution in [2.24, 2.45) is 5.92 Å². The molecule has 0 aromatic heterocycles. The third kappa shape index (κ3) is 9.19. The van der Waals surface area contributed by atoms with Gasteiger partial charge in [0.25, 0.3) is 0 Å². The number of carbonyl (C=O) groups excluding carboxylic acids is 3. The molecule has 0 radical (unpaired) electrons. The molecule has 250 valence electrons. The van der Waals surface area contributed by atoms with E-state index in [1.165, 1.54) is 0 Å². The second kappa shape index (κ2) is 15.3. The zero-order valence-corrected chi connectivity index (χ0v) is 27.8. The Hall–Kier alpha value is -4.70. The fourth-order valence-electron chi connectivity index (χ4n) is 5.88. The molecule has 0 fully saturated rings. The zero-order chi connectivity index (χ0) is 34.3. The number of rotatable bonds is 13. The number of carboxylic acids is 1. The average Bonchev–Trinajstić information content (AvgIpc) is 3.34. The SMILES string of the molecule is CC(C)[C@H](NC(=O)[C@@H](NC(=O)OCC1c2ccccc2-c2ccccc21)[C@@H](C)OC(C)(C)C)C(=O)N[C@@H](Cc1ccccc1)C(=O)O. The summed E-state index contributed by atoms with van der Waals surface area (Å²) in [6.07, 6.45) is -1.55. The quantitative estimate of drug-likeness (QED) is 0.204. The van der Waals surface area contributed by atoms with Gasteiger partial charge in [0, 0.05) is 12.3 Å². The van der Waals surface area contributed by atoms with Crippen molar-refractivity contribution < 1.29 is 33.8 Å². The fraction of sp³-hybridized carbons (Fsp3) is 0.405. The lowest BCUT2D eigenvalue weighted by Gasteiger charge is -2.32. The number of aliphatic carboxylic acids is 1. The van der Waals surface area contributed by atoms with Gasteiger partial charge in [-0.1, -0.05) is 92.7 Å². The minimum Gasteiger partial charge on any atom is -0.480 e. The van der Waals surface area contributed by atoms with Crippen molar-refractivity contribution in [1.29, 1.82) is 0 Å². The number of ether oxygens (including phenoxy) is 2. The molecule has 3 aromatic rings. The Morgan fingerprint density at radius 3 is 1.81 bits per heavy atom. The normalized spacial score (nSPS) is 15.0. The number of alkyl carbamates (subject to hydrolysis) is 1. The number of benzene rings is 3. The Morgan fingerprint density at radius 1 is 0.745 bits per heavy atom. The first-order valence-corrected chi connectivity index (χ1v) is 15.9. The zero-order valence-electron chi connectivity index (χ0n) is 27.8. The molecule has 4 rings (SSSR count). The standard InChI is InChI=1S/C37H45N3O7/c1-22(2)31(33(41)38-30(35(43)44)20-24-14-8-7-9-15-24)39-34(42)32(23(3)47-37(4,5)6)40-36(45)46-21-29-27-18-12-10-16-25(27)26-17-11-13-19-28(26)29/h7-19,22-23,29-32H,20-21H2,1-6H3,(H,38,41)(H,39,42)(H,40,45)(H,43,44)/t23-,30+,31+,32+/m1/s1. The van der Waals surface area contributed by atoms with Gasteiger partial charge in [-0.15, -0.1) is 0 Å². The van der Waals surface area contributed by atoms with Crippen LogP contribution in [0.25, 0.3) is 11.1 Å². The van der Waals surface area contributed by atoms with Crippen molar-refractivity contribution in [1.82, 2.24) is 16.0 Å². The molecular weight excluding hydrogens is 598 g/mol. The first-order chi connectivity index (χ1) is 22.2. The van der Waals surface area contributed by atoms with E-state index in [1.54, 1.807) is 45.0 Å². The lowest BCUT2D eigenvalue weighted by Crippen LogP contribution is -2.60. The molecule has 4 N–H and O–H groups in total. The van der Waals surface area contributed by atoms with Crippen molar-refractivity contribution >= 4 is 23.9 Å². The van der Waals surface area contributed by atoms with E-state index in [0.717, 1.165) is 27.8 Å². The minimum absolute atomic E-state index is 0.0533. The molecule has 3 amide bonds. The molecule has 1 aliphatic rings. The number of carboxylic acid groups (broad SMARTS) is 1. The summed E-state index contributed by atoms with van der Waals surface area (Å²) in [7, 11) is 0. The Balaban J connectivity index is 1.47. The highest BCUT2D eigenvalue weighted by Gasteiger charge is 2.36. The van der Waals surface area contributed by atoms with Gasteiger partial charge in [0.1, 0.15) is 24.7 Å². The second-order valence-electron chi connectivity index (χ2n) is 13.2. The Morgan fingerprint density at radius 2 is 1.28 bits per heavy atom. The molecular formula is C37H45N3O7. The van der Waals surface area contributed by atoms with Crippen LogP contribution in [-0.4, -0.2) is 65.4 Å². The van der Waals surface area contributed by atoms with Crippen LogP contribution in [0.4, 0.5) is 4.79 Å². The van der Waals surface area contributed by atoms with E-state index in [1.807, 2.05) is 75.4 Å². The van der Waals surface area contributed by atoms with Crippen LogP contribution in [0.3, 0.4) is 0 Å². The predicted molar refractivity (Wildman–Crippen MR) is 179 cm³/mol. The summed E-state index contributed by atoms with van der Waals surface area (Å²) < 4.78 is 11.8. The van der Waals surface area contributed by atoms with E-state index in [2.05, 4.69) is 16.0 Å². The van der Waals surface area contributed by atoms with E-state index >= 15 is 0 Å². The molecule has 0 unspecified atom stereocenters. The fourth-order valence-corrected chi connectivity index (χ4v) is 5.88. The van der Waals surface area contributed by atoms with E-state index in [9.17, 15) is 24.3 Å². The van der Waals surface area contributed by atoms with Crippen LogP contribution >= 0.6 is 0 Å². The monoisotopic (exact) mass is 643 g/mol. The molecule has 10 heteroatoms. The molecule has 0 spiro atoms. The van der Waals surface area contributed by atoms with Crippen molar-refractivity contribution in [3.05, 3.63) is 95.6 Å². The highest BCUT2D eigenvalue weighted by molar-refractivity contribution is 5.93. The maximum absolute atomic E-state index is 13.8. The van der Waals surface area contributed by atoms with Gasteiger partial charge in [-0.2, -0.15) is 0 Å². The van der Waals surface area contributed by atoms with Crippen LogP contribution in [-0.2, 0) is 30.3 Å². The Labute approximate surface area is 276 Å². The minimum atomic E-state index is -1.22. The number of hydrogen-bond donors (Lipinski definition) is 4. The van der Waals surface area contributed by atoms with Gasteiger partial charge < -0.3 is 30.5 Å². The number of nitrogens with one attached hydrogen (secondary N) is 3. The highest BCUT2D eigenvalue weighted by atomic mass is 16.6. The van der Waals surface area contributed by atoms with Crippen molar-refractivity contribution in [3.63, 3.8) is 0 Å². The third-order valence-electron chi connectivity index (χ3n) is 8.05. The van der Waals surface area contributed by atoms with Gasteiger partial charge in [-0.25, -0.2) is 9.59 Å². The van der Waals surface area contributed by atoms with Crippen LogP contribution in [0.5, 0.6) is 0 Å². The summed E-state index contributed by atoms with van der Waals surface area (Å²) in [6, 6.07) is 21.4. The topological polar surface area (TPSA) is 143 Å². The third-order valence-corrected chi connectivity index (χ3v) is 8.05. The van der Waals surface area contributed by atoms with Gasteiger partial charge >= 0.3 is 12.1 Å². The molecule has 0 heterocycles. The van der Waals surface area contributed by atoms with Gasteiger partial charge in [0.2, 0.25) is 11.8 Å². The van der Waals surface area contributed by atoms with Crippen molar-refractivity contribution in [3.8, 4) is 11.1 Å². The molecule has 0 aliphatic heterocycles. The molecule has 10 nitrogen and oxygen atoms in total. The maximum atomic E-state index is 13.8. The van der Waals surface area contributed by atoms with Crippen LogP contribution in [0, 0.1) is 5.92 Å². The van der Waals surface area contributed by atoms with Crippen molar-refractivity contribution in [2.75, 3.05) is 6.61 Å². The molecule has 1 aliphatic carbocycles. The van der Waals surface area contributed by atoms with Gasteiger partial charge in [0.05, 0.1) is 11.7 Å². The van der Waals surface area contributed by atoms with Crippen LogP contribution < -0.4 is 16.0 Å².